The maximum Gasteiger partial charge on any atom is 0.271 e. The summed E-state index contributed by atoms with van der Waals surface area (Å²) >= 11 is 0. The zero-order valence-electron chi connectivity index (χ0n) is 15.8. The number of ether oxygens (including phenoxy) is 1. The van der Waals surface area contributed by atoms with Gasteiger partial charge >= 0.3 is 0 Å². The number of aryl methyl sites for hydroxylation is 1. The lowest BCUT2D eigenvalue weighted by molar-refractivity contribution is 0.0947. The summed E-state index contributed by atoms with van der Waals surface area (Å²) in [6.45, 7) is 2.33. The number of benzene rings is 2. The van der Waals surface area contributed by atoms with E-state index in [0.717, 1.165) is 33.5 Å². The Balaban J connectivity index is 1.65. The van der Waals surface area contributed by atoms with Crippen LogP contribution in [-0.4, -0.2) is 34.7 Å². The van der Waals surface area contributed by atoms with Gasteiger partial charge in [-0.05, 0) is 42.3 Å². The summed E-state index contributed by atoms with van der Waals surface area (Å²) in [4.78, 5) is 15.8. The van der Waals surface area contributed by atoms with Crippen molar-refractivity contribution in [1.29, 1.82) is 0 Å². The Morgan fingerprint density at radius 3 is 2.68 bits per heavy atom. The molecule has 0 radical (unpaired) electrons. The van der Waals surface area contributed by atoms with Crippen molar-refractivity contribution in [3.8, 4) is 5.75 Å². The highest BCUT2D eigenvalue weighted by Crippen LogP contribution is 2.31. The zero-order valence-corrected chi connectivity index (χ0v) is 15.8. The number of H-pyrrole nitrogens is 2. The molecular formula is C22H22N4O2. The second-order valence-electron chi connectivity index (χ2n) is 6.76. The molecular weight excluding hydrogens is 352 g/mol. The number of carbonyl (C=O) groups excluding carboxylic acids is 1. The Bertz CT molecular complexity index is 1100. The number of nitrogens with one attached hydrogen (secondary N) is 3. The molecule has 1 amide bonds. The fraction of sp³-hybridized carbons (Fsp3) is 0.182. The van der Waals surface area contributed by atoms with Gasteiger partial charge in [0.1, 0.15) is 11.4 Å². The lowest BCUT2D eigenvalue weighted by atomic mass is 9.90. The molecule has 1 unspecified atom stereocenters. The number of para-hydroxylation sites is 1. The van der Waals surface area contributed by atoms with Crippen LogP contribution in [0.15, 0.2) is 60.8 Å². The Hall–Kier alpha value is -3.54. The second-order valence-corrected chi connectivity index (χ2v) is 6.76. The van der Waals surface area contributed by atoms with E-state index in [9.17, 15) is 4.79 Å². The number of aromatic amines is 2. The van der Waals surface area contributed by atoms with Crippen LogP contribution in [0.1, 0.15) is 33.2 Å². The van der Waals surface area contributed by atoms with Crippen molar-refractivity contribution in [3.63, 3.8) is 0 Å². The van der Waals surface area contributed by atoms with Crippen LogP contribution in [0, 0.1) is 6.92 Å². The van der Waals surface area contributed by atoms with E-state index < -0.39 is 0 Å². The lowest BCUT2D eigenvalue weighted by Gasteiger charge is -2.18. The first-order valence-corrected chi connectivity index (χ1v) is 9.16. The molecule has 0 saturated heterocycles. The fourth-order valence-corrected chi connectivity index (χ4v) is 3.45. The molecule has 6 nitrogen and oxygen atoms in total. The molecule has 142 valence electrons. The van der Waals surface area contributed by atoms with E-state index in [1.54, 1.807) is 13.2 Å². The summed E-state index contributed by atoms with van der Waals surface area (Å²) in [5.74, 6) is 0.603. The SMILES string of the molecule is COc1ccc(C(CNC(=O)c2cc(C)[nH]n2)c2c[nH]c3ccccc23)cc1. The molecule has 0 bridgehead atoms. The number of fused-ring (bicyclic) bond motifs is 1. The molecule has 0 aliphatic carbocycles. The van der Waals surface area contributed by atoms with Crippen LogP contribution in [0.2, 0.25) is 0 Å². The Morgan fingerprint density at radius 1 is 1.18 bits per heavy atom. The number of carbonyl (C=O) groups is 1. The molecule has 0 fully saturated rings. The summed E-state index contributed by atoms with van der Waals surface area (Å²) in [5, 5.41) is 11.0. The summed E-state index contributed by atoms with van der Waals surface area (Å²) in [6, 6.07) is 17.9. The summed E-state index contributed by atoms with van der Waals surface area (Å²) < 4.78 is 5.28. The molecule has 2 heterocycles. The zero-order chi connectivity index (χ0) is 19.5. The molecule has 2 aromatic carbocycles. The van der Waals surface area contributed by atoms with Crippen molar-refractivity contribution in [1.82, 2.24) is 20.5 Å². The molecule has 0 saturated carbocycles. The molecule has 4 rings (SSSR count). The van der Waals surface area contributed by atoms with E-state index in [1.165, 1.54) is 0 Å². The average molecular weight is 374 g/mol. The predicted molar refractivity (Wildman–Crippen MR) is 109 cm³/mol. The van der Waals surface area contributed by atoms with Crippen molar-refractivity contribution < 1.29 is 9.53 Å². The van der Waals surface area contributed by atoms with E-state index in [0.29, 0.717) is 12.2 Å². The van der Waals surface area contributed by atoms with E-state index >= 15 is 0 Å². The van der Waals surface area contributed by atoms with Crippen LogP contribution in [0.25, 0.3) is 10.9 Å². The number of nitrogens with zero attached hydrogens (tertiary/aromatic N) is 1. The minimum atomic E-state index is -0.192. The first-order valence-electron chi connectivity index (χ1n) is 9.16. The van der Waals surface area contributed by atoms with Gasteiger partial charge in [-0.3, -0.25) is 9.89 Å². The van der Waals surface area contributed by atoms with Gasteiger partial charge in [0.2, 0.25) is 0 Å². The van der Waals surface area contributed by atoms with Crippen LogP contribution in [0.4, 0.5) is 0 Å². The van der Waals surface area contributed by atoms with Crippen LogP contribution in [0.3, 0.4) is 0 Å². The van der Waals surface area contributed by atoms with Gasteiger partial charge in [0.05, 0.1) is 7.11 Å². The third kappa shape index (κ3) is 3.49. The number of rotatable bonds is 6. The van der Waals surface area contributed by atoms with Crippen molar-refractivity contribution in [2.45, 2.75) is 12.8 Å². The monoisotopic (exact) mass is 374 g/mol. The van der Waals surface area contributed by atoms with Gasteiger partial charge in [0.25, 0.3) is 5.91 Å². The quantitative estimate of drug-likeness (QED) is 0.480. The van der Waals surface area contributed by atoms with Gasteiger partial charge in [0.15, 0.2) is 0 Å². The maximum absolute atomic E-state index is 12.5. The minimum absolute atomic E-state index is 0.00829. The topological polar surface area (TPSA) is 82.8 Å². The van der Waals surface area contributed by atoms with Crippen LogP contribution >= 0.6 is 0 Å². The van der Waals surface area contributed by atoms with Gasteiger partial charge in [-0.1, -0.05) is 30.3 Å². The number of amides is 1. The van der Waals surface area contributed by atoms with Gasteiger partial charge in [-0.15, -0.1) is 0 Å². The summed E-state index contributed by atoms with van der Waals surface area (Å²) in [5.41, 5.74) is 4.56. The average Bonchev–Trinajstić information content (AvgIpc) is 3.35. The number of hydrogen-bond donors (Lipinski definition) is 3. The molecule has 1 atom stereocenters. The number of methoxy groups -OCH3 is 1. The minimum Gasteiger partial charge on any atom is -0.497 e. The van der Waals surface area contributed by atoms with Crippen LogP contribution < -0.4 is 10.1 Å². The molecule has 4 aromatic rings. The highest BCUT2D eigenvalue weighted by atomic mass is 16.5. The Labute approximate surface area is 162 Å². The summed E-state index contributed by atoms with van der Waals surface area (Å²) in [7, 11) is 1.65. The second kappa shape index (κ2) is 7.60. The fourth-order valence-electron chi connectivity index (χ4n) is 3.45. The van der Waals surface area contributed by atoms with Gasteiger partial charge in [-0.25, -0.2) is 0 Å². The lowest BCUT2D eigenvalue weighted by Crippen LogP contribution is -2.29. The van der Waals surface area contributed by atoms with Crippen molar-refractivity contribution in [2.75, 3.05) is 13.7 Å². The van der Waals surface area contributed by atoms with Crippen molar-refractivity contribution >= 4 is 16.8 Å². The third-order valence-corrected chi connectivity index (χ3v) is 4.92. The highest BCUT2D eigenvalue weighted by Gasteiger charge is 2.20. The van der Waals surface area contributed by atoms with Gasteiger partial charge in [-0.2, -0.15) is 5.10 Å². The van der Waals surface area contributed by atoms with Gasteiger partial charge < -0.3 is 15.0 Å². The molecule has 0 aliphatic heterocycles. The van der Waals surface area contributed by atoms with Crippen molar-refractivity contribution in [3.05, 3.63) is 83.3 Å². The number of aromatic nitrogens is 3. The van der Waals surface area contributed by atoms with Crippen LogP contribution in [0.5, 0.6) is 5.75 Å². The third-order valence-electron chi connectivity index (χ3n) is 4.92. The van der Waals surface area contributed by atoms with Crippen molar-refractivity contribution in [2.24, 2.45) is 0 Å². The molecule has 6 heteroatoms. The normalized spacial score (nSPS) is 12.1. The Morgan fingerprint density at radius 2 is 1.96 bits per heavy atom. The molecule has 0 aliphatic rings. The van der Waals surface area contributed by atoms with Crippen LogP contribution in [-0.2, 0) is 0 Å². The maximum atomic E-state index is 12.5. The summed E-state index contributed by atoms with van der Waals surface area (Å²) in [6.07, 6.45) is 2.02. The predicted octanol–water partition coefficient (Wildman–Crippen LogP) is 3.77. The van der Waals surface area contributed by atoms with E-state index in [-0.39, 0.29) is 11.8 Å². The highest BCUT2D eigenvalue weighted by molar-refractivity contribution is 5.92. The Kier molecular flexibility index (Phi) is 4.85. The first-order chi connectivity index (χ1) is 13.7. The van der Waals surface area contributed by atoms with E-state index in [1.807, 2.05) is 49.5 Å². The molecule has 2 aromatic heterocycles. The van der Waals surface area contributed by atoms with E-state index in [4.69, 9.17) is 4.74 Å². The molecule has 28 heavy (non-hydrogen) atoms. The number of hydrogen-bond acceptors (Lipinski definition) is 3. The smallest absolute Gasteiger partial charge is 0.271 e. The standard InChI is InChI=1S/C22H22N4O2/c1-14-11-21(26-25-14)22(27)24-12-18(15-7-9-16(28-2)10-8-15)19-13-23-20-6-4-3-5-17(19)20/h3-11,13,18,23H,12H2,1-2H3,(H,24,27)(H,25,26). The molecule has 0 spiro atoms. The van der Waals surface area contributed by atoms with Gasteiger partial charge in [0, 0.05) is 35.3 Å². The van der Waals surface area contributed by atoms with E-state index in [2.05, 4.69) is 32.6 Å². The molecule has 3 N–H and O–H groups in total. The largest absolute Gasteiger partial charge is 0.497 e. The first kappa shape index (κ1) is 17.9.